The molecular weight excluding hydrogens is 234 g/mol. The first-order chi connectivity index (χ1) is 9.35. The molecule has 0 spiro atoms. The molecule has 3 rings (SSSR count). The van der Waals surface area contributed by atoms with Crippen molar-refractivity contribution in [3.05, 3.63) is 29.8 Å². The maximum atomic E-state index is 6.14. The molecule has 0 radical (unpaired) electrons. The van der Waals surface area contributed by atoms with Crippen LogP contribution in [0.3, 0.4) is 0 Å². The van der Waals surface area contributed by atoms with E-state index in [0.29, 0.717) is 18.1 Å². The van der Waals surface area contributed by atoms with Crippen LogP contribution in [0.4, 0.5) is 5.69 Å². The molecule has 3 atom stereocenters. The zero-order chi connectivity index (χ0) is 13.2. The molecule has 19 heavy (non-hydrogen) atoms. The summed E-state index contributed by atoms with van der Waals surface area (Å²) in [5, 5.41) is 3.82. The molecule has 0 aliphatic carbocycles. The zero-order valence-electron chi connectivity index (χ0n) is 12.1. The topological polar surface area (TPSA) is 21.3 Å². The first kappa shape index (κ1) is 13.0. The quantitative estimate of drug-likeness (QED) is 0.869. The van der Waals surface area contributed by atoms with Crippen molar-refractivity contribution in [1.82, 2.24) is 0 Å². The number of anilines is 1. The lowest BCUT2D eigenvalue weighted by Crippen LogP contribution is -2.45. The van der Waals surface area contributed by atoms with Crippen molar-refractivity contribution in [2.45, 2.75) is 51.7 Å². The van der Waals surface area contributed by atoms with Crippen LogP contribution in [-0.2, 0) is 4.74 Å². The van der Waals surface area contributed by atoms with Gasteiger partial charge in [0, 0.05) is 29.8 Å². The molecule has 2 heterocycles. The second-order valence-electron chi connectivity index (χ2n) is 5.93. The van der Waals surface area contributed by atoms with Gasteiger partial charge in [0.1, 0.15) is 0 Å². The second-order valence-corrected chi connectivity index (χ2v) is 5.93. The third-order valence-electron chi connectivity index (χ3n) is 4.98. The fourth-order valence-electron chi connectivity index (χ4n) is 3.92. The predicted molar refractivity (Wildman–Crippen MR) is 79.3 cm³/mol. The Morgan fingerprint density at radius 1 is 1.26 bits per heavy atom. The zero-order valence-corrected chi connectivity index (χ0v) is 12.1. The molecule has 0 amide bonds. The minimum absolute atomic E-state index is 0.316. The number of hydrogen-bond acceptors (Lipinski definition) is 2. The summed E-state index contributed by atoms with van der Waals surface area (Å²) in [5.74, 6) is 1.40. The Balaban J connectivity index is 1.95. The van der Waals surface area contributed by atoms with Gasteiger partial charge < -0.3 is 10.1 Å². The highest BCUT2D eigenvalue weighted by Crippen LogP contribution is 2.46. The van der Waals surface area contributed by atoms with Crippen molar-refractivity contribution >= 4 is 5.69 Å². The maximum Gasteiger partial charge on any atom is 0.0892 e. The van der Waals surface area contributed by atoms with E-state index in [1.165, 1.54) is 36.9 Å². The number of hydrogen-bond donors (Lipinski definition) is 1. The Labute approximate surface area is 116 Å². The van der Waals surface area contributed by atoms with Crippen LogP contribution in [-0.4, -0.2) is 12.6 Å². The number of benzene rings is 1. The third-order valence-corrected chi connectivity index (χ3v) is 4.98. The smallest absolute Gasteiger partial charge is 0.0892 e. The summed E-state index contributed by atoms with van der Waals surface area (Å²) in [6.07, 6.45) is 5.32. The molecule has 2 aliphatic heterocycles. The first-order valence-electron chi connectivity index (χ1n) is 7.82. The maximum absolute atomic E-state index is 6.14. The van der Waals surface area contributed by atoms with Gasteiger partial charge >= 0.3 is 0 Å². The van der Waals surface area contributed by atoms with E-state index in [4.69, 9.17) is 4.74 Å². The molecular formula is C17H25NO. The predicted octanol–water partition coefficient (Wildman–Crippen LogP) is 4.38. The highest BCUT2D eigenvalue weighted by atomic mass is 16.5. The van der Waals surface area contributed by atoms with Crippen LogP contribution < -0.4 is 5.32 Å². The summed E-state index contributed by atoms with van der Waals surface area (Å²) in [4.78, 5) is 0. The van der Waals surface area contributed by atoms with Crippen LogP contribution >= 0.6 is 0 Å². The van der Waals surface area contributed by atoms with Gasteiger partial charge in [-0.25, -0.2) is 0 Å². The molecule has 2 heteroatoms. The number of fused-ring (bicyclic) bond motifs is 3. The SMILES string of the molecule is CCC(CC)[C@H]1Nc2ccccc2[C@H]2OCCC[C@H]21. The average Bonchev–Trinajstić information content (AvgIpc) is 2.48. The van der Waals surface area contributed by atoms with Crippen molar-refractivity contribution in [3.8, 4) is 0 Å². The van der Waals surface area contributed by atoms with E-state index >= 15 is 0 Å². The third kappa shape index (κ3) is 2.27. The Hall–Kier alpha value is -1.02. The lowest BCUT2D eigenvalue weighted by molar-refractivity contribution is -0.0443. The standard InChI is InChI=1S/C17H25NO/c1-3-12(4-2)16-14-9-7-11-19-17(14)13-8-5-6-10-15(13)18-16/h5-6,8,10,12,14,16-18H,3-4,7,9,11H2,1-2H3/t14-,16+,17+/m0/s1. The van der Waals surface area contributed by atoms with E-state index in [1.807, 2.05) is 0 Å². The van der Waals surface area contributed by atoms with E-state index in [2.05, 4.69) is 43.4 Å². The van der Waals surface area contributed by atoms with Crippen LogP contribution in [0.1, 0.15) is 51.2 Å². The van der Waals surface area contributed by atoms with E-state index < -0.39 is 0 Å². The van der Waals surface area contributed by atoms with Crippen LogP contribution in [0.15, 0.2) is 24.3 Å². The summed E-state index contributed by atoms with van der Waals surface area (Å²) in [5.41, 5.74) is 2.66. The van der Waals surface area contributed by atoms with Crippen LogP contribution in [0.2, 0.25) is 0 Å². The molecule has 1 fully saturated rings. The number of para-hydroxylation sites is 1. The number of nitrogens with one attached hydrogen (secondary N) is 1. The molecule has 1 aromatic carbocycles. The van der Waals surface area contributed by atoms with E-state index in [1.54, 1.807) is 0 Å². The van der Waals surface area contributed by atoms with Gasteiger partial charge in [0.25, 0.3) is 0 Å². The van der Waals surface area contributed by atoms with Gasteiger partial charge in [0.05, 0.1) is 6.10 Å². The Kier molecular flexibility index (Phi) is 3.79. The molecule has 1 saturated heterocycles. The van der Waals surface area contributed by atoms with Crippen LogP contribution in [0.5, 0.6) is 0 Å². The molecule has 2 aliphatic rings. The van der Waals surface area contributed by atoms with Gasteiger partial charge in [-0.05, 0) is 24.8 Å². The van der Waals surface area contributed by atoms with Gasteiger partial charge in [0.15, 0.2) is 0 Å². The fraction of sp³-hybridized carbons (Fsp3) is 0.647. The molecule has 0 unspecified atom stereocenters. The van der Waals surface area contributed by atoms with E-state index in [-0.39, 0.29) is 0 Å². The summed E-state index contributed by atoms with van der Waals surface area (Å²) >= 11 is 0. The van der Waals surface area contributed by atoms with Gasteiger partial charge in [-0.1, -0.05) is 44.9 Å². The van der Waals surface area contributed by atoms with Crippen molar-refractivity contribution < 1.29 is 4.74 Å². The minimum atomic E-state index is 0.316. The fourth-order valence-corrected chi connectivity index (χ4v) is 3.92. The lowest BCUT2D eigenvalue weighted by Gasteiger charge is -2.46. The highest BCUT2D eigenvalue weighted by molar-refractivity contribution is 5.56. The molecule has 1 N–H and O–H groups in total. The Morgan fingerprint density at radius 3 is 2.84 bits per heavy atom. The minimum Gasteiger partial charge on any atom is -0.381 e. The summed E-state index contributed by atoms with van der Waals surface area (Å²) in [6.45, 7) is 5.55. The van der Waals surface area contributed by atoms with Crippen molar-refractivity contribution in [1.29, 1.82) is 0 Å². The normalized spacial score (nSPS) is 29.5. The molecule has 2 nitrogen and oxygen atoms in total. The molecule has 1 aromatic rings. The first-order valence-corrected chi connectivity index (χ1v) is 7.82. The number of ether oxygens (including phenoxy) is 1. The van der Waals surface area contributed by atoms with Gasteiger partial charge in [-0.2, -0.15) is 0 Å². The van der Waals surface area contributed by atoms with E-state index in [9.17, 15) is 0 Å². The van der Waals surface area contributed by atoms with Crippen LogP contribution in [0, 0.1) is 11.8 Å². The second kappa shape index (κ2) is 5.54. The van der Waals surface area contributed by atoms with Crippen molar-refractivity contribution in [2.75, 3.05) is 11.9 Å². The molecule has 104 valence electrons. The monoisotopic (exact) mass is 259 g/mol. The summed E-state index contributed by atoms with van der Waals surface area (Å²) in [7, 11) is 0. The molecule has 0 aromatic heterocycles. The van der Waals surface area contributed by atoms with Crippen molar-refractivity contribution in [2.24, 2.45) is 11.8 Å². The molecule has 0 saturated carbocycles. The Bertz CT molecular complexity index is 427. The lowest BCUT2D eigenvalue weighted by atomic mass is 9.74. The largest absolute Gasteiger partial charge is 0.381 e. The van der Waals surface area contributed by atoms with Crippen molar-refractivity contribution in [3.63, 3.8) is 0 Å². The van der Waals surface area contributed by atoms with Crippen LogP contribution in [0.25, 0.3) is 0 Å². The molecule has 0 bridgehead atoms. The summed E-state index contributed by atoms with van der Waals surface area (Å²) in [6, 6.07) is 9.27. The Morgan fingerprint density at radius 2 is 2.05 bits per heavy atom. The average molecular weight is 259 g/mol. The highest BCUT2D eigenvalue weighted by Gasteiger charge is 2.41. The summed E-state index contributed by atoms with van der Waals surface area (Å²) < 4.78 is 6.14. The van der Waals surface area contributed by atoms with E-state index in [0.717, 1.165) is 12.5 Å². The van der Waals surface area contributed by atoms with Gasteiger partial charge in [-0.15, -0.1) is 0 Å². The van der Waals surface area contributed by atoms with Gasteiger partial charge in [-0.3, -0.25) is 0 Å². The number of rotatable bonds is 3. The van der Waals surface area contributed by atoms with Gasteiger partial charge in [0.2, 0.25) is 0 Å².